The first-order chi connectivity index (χ1) is 8.13. The number of nitrogens with one attached hydrogen (secondary N) is 2. The molecule has 1 heterocycles. The number of hydrogen-bond donors (Lipinski definition) is 3. The zero-order chi connectivity index (χ0) is 12.7. The summed E-state index contributed by atoms with van der Waals surface area (Å²) in [5, 5.41) is 14.6. The molecule has 17 heavy (non-hydrogen) atoms. The van der Waals surface area contributed by atoms with Gasteiger partial charge in [-0.1, -0.05) is 6.92 Å². The third-order valence-corrected chi connectivity index (χ3v) is 2.22. The standard InChI is InChI=1S/C11H18N4O2/c1-3-4-12-11-14-6-9(7-15-11)5-13-8(2)10(16)17/h6-8,13H,3-5H2,1-2H3,(H,16,17)(H,12,14,15)/t8-/m0/s1. The number of carboxylic acid groups (broad SMARTS) is 1. The quantitative estimate of drug-likeness (QED) is 0.653. The Morgan fingerprint density at radius 1 is 1.47 bits per heavy atom. The van der Waals surface area contributed by atoms with Crippen LogP contribution in [0.15, 0.2) is 12.4 Å². The van der Waals surface area contributed by atoms with Gasteiger partial charge < -0.3 is 15.7 Å². The van der Waals surface area contributed by atoms with Gasteiger partial charge in [0.15, 0.2) is 0 Å². The topological polar surface area (TPSA) is 87.1 Å². The molecule has 0 aliphatic rings. The van der Waals surface area contributed by atoms with Crippen LogP contribution in [0.4, 0.5) is 5.95 Å². The number of nitrogens with zero attached hydrogens (tertiary/aromatic N) is 2. The van der Waals surface area contributed by atoms with Crippen molar-refractivity contribution in [2.45, 2.75) is 32.9 Å². The van der Waals surface area contributed by atoms with E-state index >= 15 is 0 Å². The lowest BCUT2D eigenvalue weighted by Crippen LogP contribution is -2.33. The Bertz CT molecular complexity index is 353. The molecular formula is C11H18N4O2. The predicted molar refractivity (Wildman–Crippen MR) is 64.8 cm³/mol. The van der Waals surface area contributed by atoms with E-state index < -0.39 is 12.0 Å². The summed E-state index contributed by atoms with van der Waals surface area (Å²) in [5.41, 5.74) is 0.861. The van der Waals surface area contributed by atoms with E-state index in [-0.39, 0.29) is 0 Å². The Kier molecular flexibility index (Phi) is 5.35. The van der Waals surface area contributed by atoms with E-state index in [0.717, 1.165) is 18.5 Å². The first-order valence-corrected chi connectivity index (χ1v) is 5.64. The molecular weight excluding hydrogens is 220 g/mol. The smallest absolute Gasteiger partial charge is 0.320 e. The fraction of sp³-hybridized carbons (Fsp3) is 0.545. The molecule has 0 bridgehead atoms. The van der Waals surface area contributed by atoms with Crippen LogP contribution in [-0.4, -0.2) is 33.6 Å². The number of rotatable bonds is 7. The van der Waals surface area contributed by atoms with Crippen LogP contribution in [-0.2, 0) is 11.3 Å². The van der Waals surface area contributed by atoms with Gasteiger partial charge in [0.05, 0.1) is 0 Å². The molecule has 3 N–H and O–H groups in total. The predicted octanol–water partition coefficient (Wildman–Crippen LogP) is 0.861. The van der Waals surface area contributed by atoms with E-state index in [1.165, 1.54) is 0 Å². The van der Waals surface area contributed by atoms with Crippen LogP contribution in [0.25, 0.3) is 0 Å². The molecule has 6 heteroatoms. The summed E-state index contributed by atoms with van der Waals surface area (Å²) in [4.78, 5) is 18.8. The van der Waals surface area contributed by atoms with Gasteiger partial charge in [-0.25, -0.2) is 9.97 Å². The molecule has 0 unspecified atom stereocenters. The second-order valence-corrected chi connectivity index (χ2v) is 3.78. The molecule has 0 saturated carbocycles. The molecule has 1 aromatic rings. The van der Waals surface area contributed by atoms with Gasteiger partial charge in [-0.3, -0.25) is 4.79 Å². The van der Waals surface area contributed by atoms with Crippen molar-refractivity contribution < 1.29 is 9.90 Å². The zero-order valence-electron chi connectivity index (χ0n) is 10.1. The van der Waals surface area contributed by atoms with E-state index in [1.54, 1.807) is 19.3 Å². The maximum absolute atomic E-state index is 10.6. The summed E-state index contributed by atoms with van der Waals surface area (Å²) < 4.78 is 0. The normalized spacial score (nSPS) is 12.1. The van der Waals surface area contributed by atoms with Crippen LogP contribution in [0, 0.1) is 0 Å². The molecule has 0 radical (unpaired) electrons. The van der Waals surface area contributed by atoms with Gasteiger partial charge >= 0.3 is 5.97 Å². The fourth-order valence-electron chi connectivity index (χ4n) is 1.13. The average molecular weight is 238 g/mol. The number of carboxylic acids is 1. The van der Waals surface area contributed by atoms with Gasteiger partial charge in [-0.15, -0.1) is 0 Å². The highest BCUT2D eigenvalue weighted by Crippen LogP contribution is 2.00. The van der Waals surface area contributed by atoms with Crippen molar-refractivity contribution in [3.05, 3.63) is 18.0 Å². The molecule has 0 aliphatic heterocycles. The van der Waals surface area contributed by atoms with Gasteiger partial charge in [0, 0.05) is 31.0 Å². The molecule has 1 atom stereocenters. The van der Waals surface area contributed by atoms with Crippen LogP contribution in [0.3, 0.4) is 0 Å². The van der Waals surface area contributed by atoms with Crippen LogP contribution in [0.5, 0.6) is 0 Å². The maximum atomic E-state index is 10.6. The second kappa shape index (κ2) is 6.80. The number of carbonyl (C=O) groups is 1. The Balaban J connectivity index is 2.42. The van der Waals surface area contributed by atoms with E-state index in [2.05, 4.69) is 27.5 Å². The maximum Gasteiger partial charge on any atom is 0.320 e. The molecule has 0 saturated heterocycles. The number of anilines is 1. The Morgan fingerprint density at radius 2 is 2.12 bits per heavy atom. The van der Waals surface area contributed by atoms with Crippen molar-refractivity contribution in [1.82, 2.24) is 15.3 Å². The van der Waals surface area contributed by atoms with E-state index in [4.69, 9.17) is 5.11 Å². The minimum Gasteiger partial charge on any atom is -0.480 e. The van der Waals surface area contributed by atoms with Crippen molar-refractivity contribution in [3.63, 3.8) is 0 Å². The van der Waals surface area contributed by atoms with Crippen LogP contribution < -0.4 is 10.6 Å². The Labute approximate surface area is 100 Å². The number of aliphatic carboxylic acids is 1. The Hall–Kier alpha value is -1.69. The molecule has 6 nitrogen and oxygen atoms in total. The fourth-order valence-corrected chi connectivity index (χ4v) is 1.13. The summed E-state index contributed by atoms with van der Waals surface area (Å²) >= 11 is 0. The first kappa shape index (κ1) is 13.4. The minimum atomic E-state index is -0.868. The van der Waals surface area contributed by atoms with Crippen LogP contribution >= 0.6 is 0 Å². The van der Waals surface area contributed by atoms with Crippen molar-refractivity contribution >= 4 is 11.9 Å². The lowest BCUT2D eigenvalue weighted by Gasteiger charge is -2.09. The zero-order valence-corrected chi connectivity index (χ0v) is 10.1. The molecule has 0 aliphatic carbocycles. The van der Waals surface area contributed by atoms with Gasteiger partial charge in [-0.2, -0.15) is 0 Å². The molecule has 94 valence electrons. The summed E-state index contributed by atoms with van der Waals surface area (Å²) in [5.74, 6) is -0.269. The van der Waals surface area contributed by atoms with Gasteiger partial charge in [0.1, 0.15) is 6.04 Å². The van der Waals surface area contributed by atoms with E-state index in [1.807, 2.05) is 0 Å². The lowest BCUT2D eigenvalue weighted by atomic mass is 10.3. The molecule has 1 rings (SSSR count). The molecule has 0 amide bonds. The van der Waals surface area contributed by atoms with Crippen molar-refractivity contribution in [2.24, 2.45) is 0 Å². The Morgan fingerprint density at radius 3 is 2.65 bits per heavy atom. The first-order valence-electron chi connectivity index (χ1n) is 5.64. The van der Waals surface area contributed by atoms with Gasteiger partial charge in [0.25, 0.3) is 0 Å². The van der Waals surface area contributed by atoms with E-state index in [0.29, 0.717) is 12.5 Å². The third-order valence-electron chi connectivity index (χ3n) is 2.22. The lowest BCUT2D eigenvalue weighted by molar-refractivity contribution is -0.139. The highest BCUT2D eigenvalue weighted by molar-refractivity contribution is 5.72. The molecule has 0 spiro atoms. The van der Waals surface area contributed by atoms with E-state index in [9.17, 15) is 4.79 Å². The summed E-state index contributed by atoms with van der Waals surface area (Å²) in [6.07, 6.45) is 4.39. The summed E-state index contributed by atoms with van der Waals surface area (Å²) in [6, 6.07) is -0.576. The summed E-state index contributed by atoms with van der Waals surface area (Å²) in [7, 11) is 0. The highest BCUT2D eigenvalue weighted by atomic mass is 16.4. The average Bonchev–Trinajstić information content (AvgIpc) is 2.34. The van der Waals surface area contributed by atoms with Crippen molar-refractivity contribution in [2.75, 3.05) is 11.9 Å². The largest absolute Gasteiger partial charge is 0.480 e. The molecule has 0 aromatic carbocycles. The third kappa shape index (κ3) is 4.78. The van der Waals surface area contributed by atoms with Crippen LogP contribution in [0.1, 0.15) is 25.8 Å². The van der Waals surface area contributed by atoms with Gasteiger partial charge in [0.2, 0.25) is 5.95 Å². The minimum absolute atomic E-state index is 0.446. The second-order valence-electron chi connectivity index (χ2n) is 3.78. The molecule has 1 aromatic heterocycles. The molecule has 0 fully saturated rings. The SMILES string of the molecule is CCCNc1ncc(CN[C@@H](C)C(=O)O)cn1. The number of hydrogen-bond acceptors (Lipinski definition) is 5. The van der Waals surface area contributed by atoms with Gasteiger partial charge in [-0.05, 0) is 13.3 Å². The van der Waals surface area contributed by atoms with Crippen molar-refractivity contribution in [3.8, 4) is 0 Å². The monoisotopic (exact) mass is 238 g/mol. The summed E-state index contributed by atoms with van der Waals surface area (Å²) in [6.45, 7) is 4.95. The highest BCUT2D eigenvalue weighted by Gasteiger charge is 2.09. The number of aromatic nitrogens is 2. The van der Waals surface area contributed by atoms with Crippen molar-refractivity contribution in [1.29, 1.82) is 0 Å². The van der Waals surface area contributed by atoms with Crippen LogP contribution in [0.2, 0.25) is 0 Å².